The van der Waals surface area contributed by atoms with E-state index in [2.05, 4.69) is 0 Å². The van der Waals surface area contributed by atoms with Crippen LogP contribution in [0.25, 0.3) is 11.1 Å². The molecule has 2 rings (SSSR count). The van der Waals surface area contributed by atoms with Gasteiger partial charge in [0.2, 0.25) is 0 Å². The molecule has 0 aliphatic rings. The molecular formula is C20H21NO6. The summed E-state index contributed by atoms with van der Waals surface area (Å²) in [6.07, 6.45) is 0.302. The molecule has 142 valence electrons. The highest BCUT2D eigenvalue weighted by Gasteiger charge is 2.18. The summed E-state index contributed by atoms with van der Waals surface area (Å²) in [6, 6.07) is 10.4. The molecule has 7 nitrogen and oxygen atoms in total. The Morgan fingerprint density at radius 2 is 1.70 bits per heavy atom. The number of carbonyl (C=O) groups excluding carboxylic acids is 3. The molecule has 0 fully saturated rings. The molecule has 0 radical (unpaired) electrons. The molecule has 0 aliphatic heterocycles. The molecule has 7 heteroatoms. The summed E-state index contributed by atoms with van der Waals surface area (Å²) in [5, 5.41) is 0. The van der Waals surface area contributed by atoms with Crippen LogP contribution in [0, 0.1) is 0 Å². The first-order valence-corrected chi connectivity index (χ1v) is 8.36. The van der Waals surface area contributed by atoms with Gasteiger partial charge in [0.1, 0.15) is 6.61 Å². The molecule has 27 heavy (non-hydrogen) atoms. The third-order valence-electron chi connectivity index (χ3n) is 3.59. The van der Waals surface area contributed by atoms with Crippen LogP contribution in [-0.4, -0.2) is 17.9 Å². The Balaban J connectivity index is 2.41. The number of esters is 3. The monoisotopic (exact) mass is 371 g/mol. The van der Waals surface area contributed by atoms with Gasteiger partial charge in [0.05, 0.1) is 5.69 Å². The molecule has 0 aliphatic carbocycles. The highest BCUT2D eigenvalue weighted by Crippen LogP contribution is 2.41. The van der Waals surface area contributed by atoms with E-state index in [1.54, 1.807) is 19.1 Å². The van der Waals surface area contributed by atoms with E-state index in [4.69, 9.17) is 19.9 Å². The largest absolute Gasteiger partial charge is 0.461 e. The lowest BCUT2D eigenvalue weighted by atomic mass is 10.0. The lowest BCUT2D eigenvalue weighted by Crippen LogP contribution is -2.09. The Bertz CT molecular complexity index is 875. The van der Waals surface area contributed by atoms with Crippen LogP contribution < -0.4 is 15.2 Å². The molecule has 0 atom stereocenters. The molecule has 0 amide bonds. The number of benzene rings is 2. The summed E-state index contributed by atoms with van der Waals surface area (Å²) in [7, 11) is 0. The summed E-state index contributed by atoms with van der Waals surface area (Å²) in [5.74, 6) is -1.39. The number of nitrogen functional groups attached to an aromatic ring is 1. The zero-order valence-corrected chi connectivity index (χ0v) is 15.4. The van der Waals surface area contributed by atoms with Crippen LogP contribution >= 0.6 is 0 Å². The zero-order chi connectivity index (χ0) is 20.0. The first-order chi connectivity index (χ1) is 12.8. The number of carbonyl (C=O) groups is 3. The Labute approximate surface area is 157 Å². The summed E-state index contributed by atoms with van der Waals surface area (Å²) in [4.78, 5) is 34.0. The van der Waals surface area contributed by atoms with Gasteiger partial charge in [0.25, 0.3) is 0 Å². The summed E-state index contributed by atoms with van der Waals surface area (Å²) in [6.45, 7) is 4.33. The number of hydrogen-bond acceptors (Lipinski definition) is 7. The Morgan fingerprint density at radius 1 is 1.00 bits per heavy atom. The third-order valence-corrected chi connectivity index (χ3v) is 3.59. The van der Waals surface area contributed by atoms with Crippen molar-refractivity contribution in [3.8, 4) is 22.6 Å². The van der Waals surface area contributed by atoms with Gasteiger partial charge in [-0.25, -0.2) is 0 Å². The third kappa shape index (κ3) is 5.31. The Kier molecular flexibility index (Phi) is 6.54. The van der Waals surface area contributed by atoms with E-state index < -0.39 is 11.9 Å². The van der Waals surface area contributed by atoms with Gasteiger partial charge in [-0.2, -0.15) is 0 Å². The second-order valence-electron chi connectivity index (χ2n) is 5.76. The average molecular weight is 371 g/mol. The van der Waals surface area contributed by atoms with Gasteiger partial charge < -0.3 is 19.9 Å². The van der Waals surface area contributed by atoms with Gasteiger partial charge in [0, 0.05) is 25.8 Å². The lowest BCUT2D eigenvalue weighted by molar-refractivity contribution is -0.144. The Morgan fingerprint density at radius 3 is 2.33 bits per heavy atom. The summed E-state index contributed by atoms with van der Waals surface area (Å²) in [5.41, 5.74) is 8.45. The zero-order valence-electron chi connectivity index (χ0n) is 15.4. The molecule has 2 aromatic rings. The van der Waals surface area contributed by atoms with E-state index in [0.717, 1.165) is 11.1 Å². The lowest BCUT2D eigenvalue weighted by Gasteiger charge is -2.15. The van der Waals surface area contributed by atoms with Gasteiger partial charge in [-0.05, 0) is 29.3 Å². The minimum atomic E-state index is -0.590. The van der Waals surface area contributed by atoms with Gasteiger partial charge in [-0.3, -0.25) is 14.4 Å². The fourth-order valence-electron chi connectivity index (χ4n) is 2.41. The first kappa shape index (κ1) is 20.0. The second kappa shape index (κ2) is 8.84. The maximum atomic E-state index is 11.4. The van der Waals surface area contributed by atoms with Crippen molar-refractivity contribution in [3.05, 3.63) is 42.0 Å². The first-order valence-electron chi connectivity index (χ1n) is 8.36. The number of hydrogen-bond donors (Lipinski definition) is 1. The molecule has 0 heterocycles. The Hall–Kier alpha value is -3.35. The highest BCUT2D eigenvalue weighted by molar-refractivity contribution is 5.86. The van der Waals surface area contributed by atoms with Crippen molar-refractivity contribution in [2.24, 2.45) is 0 Å². The van der Waals surface area contributed by atoms with Crippen LogP contribution in [0.5, 0.6) is 11.5 Å². The number of rotatable bonds is 6. The summed E-state index contributed by atoms with van der Waals surface area (Å²) >= 11 is 0. The molecule has 0 unspecified atom stereocenters. The maximum absolute atomic E-state index is 11.4. The fourth-order valence-corrected chi connectivity index (χ4v) is 2.41. The minimum Gasteiger partial charge on any atom is -0.461 e. The molecule has 2 aromatic carbocycles. The van der Waals surface area contributed by atoms with Crippen LogP contribution in [0.2, 0.25) is 0 Å². The van der Waals surface area contributed by atoms with Crippen LogP contribution in [0.15, 0.2) is 36.4 Å². The molecule has 0 aromatic heterocycles. The molecule has 0 spiro atoms. The van der Waals surface area contributed by atoms with Gasteiger partial charge in [0.15, 0.2) is 11.5 Å². The molecule has 0 saturated heterocycles. The van der Waals surface area contributed by atoms with Crippen LogP contribution in [-0.2, 0) is 25.7 Å². The van der Waals surface area contributed by atoms with E-state index in [-0.39, 0.29) is 29.8 Å². The molecule has 0 bridgehead atoms. The standard InChI is InChI=1S/C20H21NO6/c1-4-18(24)25-11-14-6-5-7-15(10-14)16-8-9-17(26-12(2)22)20(19(16)21)27-13(3)23/h5-10H,4,11,21H2,1-3H3. The number of ether oxygens (including phenoxy) is 3. The molecular weight excluding hydrogens is 350 g/mol. The van der Waals surface area contributed by atoms with E-state index >= 15 is 0 Å². The number of anilines is 1. The maximum Gasteiger partial charge on any atom is 0.308 e. The van der Waals surface area contributed by atoms with Crippen molar-refractivity contribution in [2.45, 2.75) is 33.8 Å². The predicted molar refractivity (Wildman–Crippen MR) is 99.0 cm³/mol. The highest BCUT2D eigenvalue weighted by atomic mass is 16.6. The SMILES string of the molecule is CCC(=O)OCc1cccc(-c2ccc(OC(C)=O)c(OC(C)=O)c2N)c1. The van der Waals surface area contributed by atoms with Crippen molar-refractivity contribution < 1.29 is 28.6 Å². The van der Waals surface area contributed by atoms with Crippen molar-refractivity contribution in [2.75, 3.05) is 5.73 Å². The van der Waals surface area contributed by atoms with Crippen molar-refractivity contribution in [3.63, 3.8) is 0 Å². The van der Waals surface area contributed by atoms with Crippen molar-refractivity contribution >= 4 is 23.6 Å². The normalized spacial score (nSPS) is 10.2. The predicted octanol–water partition coefficient (Wildman–Crippen LogP) is 3.24. The van der Waals surface area contributed by atoms with Crippen LogP contribution in [0.3, 0.4) is 0 Å². The van der Waals surface area contributed by atoms with Gasteiger partial charge >= 0.3 is 17.9 Å². The second-order valence-corrected chi connectivity index (χ2v) is 5.76. The van der Waals surface area contributed by atoms with E-state index in [0.29, 0.717) is 12.0 Å². The summed E-state index contributed by atoms with van der Waals surface area (Å²) < 4.78 is 15.4. The molecule has 2 N–H and O–H groups in total. The van der Waals surface area contributed by atoms with Crippen molar-refractivity contribution in [1.29, 1.82) is 0 Å². The topological polar surface area (TPSA) is 105 Å². The average Bonchev–Trinajstić information content (AvgIpc) is 2.62. The van der Waals surface area contributed by atoms with E-state index in [9.17, 15) is 14.4 Å². The number of nitrogens with two attached hydrogens (primary N) is 1. The smallest absolute Gasteiger partial charge is 0.308 e. The fraction of sp³-hybridized carbons (Fsp3) is 0.250. The molecule has 0 saturated carbocycles. The quantitative estimate of drug-likeness (QED) is 0.472. The van der Waals surface area contributed by atoms with Gasteiger partial charge in [-0.15, -0.1) is 0 Å². The van der Waals surface area contributed by atoms with Crippen molar-refractivity contribution in [1.82, 2.24) is 0 Å². The minimum absolute atomic E-state index is 0.0157. The van der Waals surface area contributed by atoms with E-state index in [1.807, 2.05) is 18.2 Å². The van der Waals surface area contributed by atoms with Crippen LogP contribution in [0.4, 0.5) is 5.69 Å². The van der Waals surface area contributed by atoms with Gasteiger partial charge in [-0.1, -0.05) is 25.1 Å². The van der Waals surface area contributed by atoms with E-state index in [1.165, 1.54) is 19.9 Å². The van der Waals surface area contributed by atoms with Crippen LogP contribution in [0.1, 0.15) is 32.8 Å².